The predicted octanol–water partition coefficient (Wildman–Crippen LogP) is 1.52. The average molecular weight is 243 g/mol. The van der Waals surface area contributed by atoms with Crippen LogP contribution in [-0.4, -0.2) is 25.2 Å². The molecule has 98 valence electrons. The summed E-state index contributed by atoms with van der Waals surface area (Å²) in [6.45, 7) is 4.63. The zero-order valence-electron chi connectivity index (χ0n) is 10.5. The van der Waals surface area contributed by atoms with E-state index in [0.29, 0.717) is 18.9 Å². The normalized spacial score (nSPS) is 11.1. The van der Waals surface area contributed by atoms with Crippen LogP contribution >= 0.6 is 0 Å². The maximum atomic E-state index is 11.2. The van der Waals surface area contributed by atoms with Crippen molar-refractivity contribution in [3.05, 3.63) is 11.8 Å². The van der Waals surface area contributed by atoms with Crippen LogP contribution in [0.5, 0.6) is 0 Å². The smallest absolute Gasteiger partial charge is 0.311 e. The zero-order chi connectivity index (χ0) is 13.1. The molecule has 0 unspecified atom stereocenters. The predicted molar refractivity (Wildman–Crippen MR) is 64.0 cm³/mol. The first-order valence-electron chi connectivity index (χ1n) is 5.85. The number of hydrogen-bond acceptors (Lipinski definition) is 5. The Labute approximate surface area is 102 Å². The quantitative estimate of drug-likeness (QED) is 0.654. The van der Waals surface area contributed by atoms with E-state index in [-0.39, 0.29) is 24.8 Å². The second-order valence-electron chi connectivity index (χ2n) is 3.60. The lowest BCUT2D eigenvalue weighted by atomic mass is 10.2. The van der Waals surface area contributed by atoms with Gasteiger partial charge in [-0.25, -0.2) is 0 Å². The summed E-state index contributed by atoms with van der Waals surface area (Å²) in [5.41, 5.74) is 5.91. The van der Waals surface area contributed by atoms with E-state index in [4.69, 9.17) is 15.2 Å². The highest BCUT2D eigenvalue weighted by Crippen LogP contribution is 2.00. The summed E-state index contributed by atoms with van der Waals surface area (Å²) >= 11 is 0. The second-order valence-corrected chi connectivity index (χ2v) is 3.60. The molecule has 5 nitrogen and oxygen atoms in total. The highest BCUT2D eigenvalue weighted by Gasteiger charge is 2.05. The van der Waals surface area contributed by atoms with Gasteiger partial charge in [-0.3, -0.25) is 9.59 Å². The van der Waals surface area contributed by atoms with Crippen molar-refractivity contribution < 1.29 is 19.1 Å². The molecule has 0 radical (unpaired) electrons. The molecule has 0 fully saturated rings. The number of hydrogen-bond donors (Lipinski definition) is 1. The highest BCUT2D eigenvalue weighted by atomic mass is 16.5. The maximum absolute atomic E-state index is 11.2. The molecule has 0 aromatic heterocycles. The summed E-state index contributed by atoms with van der Waals surface area (Å²) < 4.78 is 9.71. The Kier molecular flexibility index (Phi) is 8.82. The first kappa shape index (κ1) is 15.5. The Balaban J connectivity index is 3.84. The molecule has 17 heavy (non-hydrogen) atoms. The summed E-state index contributed by atoms with van der Waals surface area (Å²) in [5.74, 6) is -0.709. The van der Waals surface area contributed by atoms with E-state index in [1.165, 1.54) is 6.08 Å². The summed E-state index contributed by atoms with van der Waals surface area (Å²) in [7, 11) is 0. The van der Waals surface area contributed by atoms with Crippen LogP contribution in [0.25, 0.3) is 0 Å². The molecule has 0 spiro atoms. The van der Waals surface area contributed by atoms with Crippen LogP contribution in [0.3, 0.4) is 0 Å². The standard InChI is InChI=1S/C12H21NO4/c1-3-7-16-11(14)6-5-10(13)9-12(15)17-8-4-2/h5H,3-4,6-9,13H2,1-2H3. The third-order valence-corrected chi connectivity index (χ3v) is 1.81. The minimum atomic E-state index is -0.373. The average Bonchev–Trinajstić information content (AvgIpc) is 2.31. The minimum absolute atomic E-state index is 0.0149. The lowest BCUT2D eigenvalue weighted by Gasteiger charge is -2.03. The van der Waals surface area contributed by atoms with Crippen LogP contribution < -0.4 is 5.73 Å². The number of rotatable bonds is 8. The molecule has 0 amide bonds. The molecule has 0 rings (SSSR count). The van der Waals surface area contributed by atoms with Gasteiger partial charge in [0.2, 0.25) is 0 Å². The van der Waals surface area contributed by atoms with Gasteiger partial charge in [0.25, 0.3) is 0 Å². The van der Waals surface area contributed by atoms with Gasteiger partial charge in [0, 0.05) is 5.70 Å². The van der Waals surface area contributed by atoms with E-state index in [0.717, 1.165) is 12.8 Å². The van der Waals surface area contributed by atoms with Crippen molar-refractivity contribution in [3.63, 3.8) is 0 Å². The van der Waals surface area contributed by atoms with E-state index < -0.39 is 0 Å². The number of carbonyl (C=O) groups excluding carboxylic acids is 2. The molecule has 5 heteroatoms. The van der Waals surface area contributed by atoms with E-state index in [2.05, 4.69) is 0 Å². The van der Waals surface area contributed by atoms with Crippen molar-refractivity contribution in [1.29, 1.82) is 0 Å². The number of carbonyl (C=O) groups is 2. The fraction of sp³-hybridized carbons (Fsp3) is 0.667. The fourth-order valence-electron chi connectivity index (χ4n) is 0.995. The van der Waals surface area contributed by atoms with E-state index >= 15 is 0 Å². The lowest BCUT2D eigenvalue weighted by Crippen LogP contribution is -2.11. The van der Waals surface area contributed by atoms with Crippen LogP contribution in [0, 0.1) is 0 Å². The molecule has 0 saturated heterocycles. The van der Waals surface area contributed by atoms with Gasteiger partial charge in [0.1, 0.15) is 0 Å². The molecule has 0 aliphatic heterocycles. The fourth-order valence-corrected chi connectivity index (χ4v) is 0.995. The van der Waals surface area contributed by atoms with Gasteiger partial charge in [-0.15, -0.1) is 0 Å². The van der Waals surface area contributed by atoms with Crippen molar-refractivity contribution in [1.82, 2.24) is 0 Å². The van der Waals surface area contributed by atoms with Crippen LogP contribution in [0.2, 0.25) is 0 Å². The van der Waals surface area contributed by atoms with Crippen molar-refractivity contribution >= 4 is 11.9 Å². The van der Waals surface area contributed by atoms with E-state index in [1.807, 2.05) is 13.8 Å². The largest absolute Gasteiger partial charge is 0.465 e. The lowest BCUT2D eigenvalue weighted by molar-refractivity contribution is -0.144. The summed E-state index contributed by atoms with van der Waals surface area (Å²) in [6.07, 6.45) is 3.16. The molecular weight excluding hydrogens is 222 g/mol. The summed E-state index contributed by atoms with van der Waals surface area (Å²) in [5, 5.41) is 0. The minimum Gasteiger partial charge on any atom is -0.465 e. The molecule has 0 aromatic carbocycles. The van der Waals surface area contributed by atoms with Crippen LogP contribution in [0.1, 0.15) is 39.5 Å². The maximum Gasteiger partial charge on any atom is 0.311 e. The molecule has 0 bridgehead atoms. The van der Waals surface area contributed by atoms with E-state index in [1.54, 1.807) is 0 Å². The van der Waals surface area contributed by atoms with Crippen molar-refractivity contribution in [2.75, 3.05) is 13.2 Å². The number of esters is 2. The summed E-state index contributed by atoms with van der Waals surface area (Å²) in [4.78, 5) is 22.3. The monoisotopic (exact) mass is 243 g/mol. The summed E-state index contributed by atoms with van der Waals surface area (Å²) in [6, 6.07) is 0. The first-order valence-corrected chi connectivity index (χ1v) is 5.85. The molecule has 2 N–H and O–H groups in total. The van der Waals surface area contributed by atoms with E-state index in [9.17, 15) is 9.59 Å². The first-order chi connectivity index (χ1) is 8.10. The van der Waals surface area contributed by atoms with Gasteiger partial charge < -0.3 is 15.2 Å². The molecule has 0 aromatic rings. The molecule has 0 heterocycles. The second kappa shape index (κ2) is 9.69. The van der Waals surface area contributed by atoms with Crippen LogP contribution in [0.15, 0.2) is 11.8 Å². The Morgan fingerprint density at radius 3 is 2.12 bits per heavy atom. The molecular formula is C12H21NO4. The van der Waals surface area contributed by atoms with Gasteiger partial charge in [-0.05, 0) is 12.8 Å². The van der Waals surface area contributed by atoms with Crippen molar-refractivity contribution in [2.45, 2.75) is 39.5 Å². The highest BCUT2D eigenvalue weighted by molar-refractivity contribution is 5.74. The van der Waals surface area contributed by atoms with Crippen molar-refractivity contribution in [2.24, 2.45) is 5.73 Å². The zero-order valence-corrected chi connectivity index (χ0v) is 10.5. The topological polar surface area (TPSA) is 78.6 Å². The molecule has 0 saturated carbocycles. The SMILES string of the molecule is CCCOC(=O)CC=C(N)CC(=O)OCCC. The Morgan fingerprint density at radius 1 is 1.06 bits per heavy atom. The van der Waals surface area contributed by atoms with Gasteiger partial charge in [0.15, 0.2) is 0 Å². The Hall–Kier alpha value is -1.52. The van der Waals surface area contributed by atoms with Gasteiger partial charge >= 0.3 is 11.9 Å². The molecule has 0 aliphatic rings. The Bertz CT molecular complexity index is 274. The molecule has 0 aliphatic carbocycles. The van der Waals surface area contributed by atoms with Gasteiger partial charge in [0.05, 0.1) is 26.1 Å². The number of ether oxygens (including phenoxy) is 2. The third-order valence-electron chi connectivity index (χ3n) is 1.81. The van der Waals surface area contributed by atoms with Gasteiger partial charge in [-0.1, -0.05) is 19.9 Å². The molecule has 0 atom stereocenters. The number of nitrogens with two attached hydrogens (primary N) is 1. The Morgan fingerprint density at radius 2 is 1.59 bits per heavy atom. The van der Waals surface area contributed by atoms with Crippen LogP contribution in [0.4, 0.5) is 0 Å². The van der Waals surface area contributed by atoms with Crippen LogP contribution in [-0.2, 0) is 19.1 Å². The third kappa shape index (κ3) is 9.41. The van der Waals surface area contributed by atoms with Crippen molar-refractivity contribution in [3.8, 4) is 0 Å². The van der Waals surface area contributed by atoms with Gasteiger partial charge in [-0.2, -0.15) is 0 Å².